The highest BCUT2D eigenvalue weighted by Crippen LogP contribution is 2.17. The third kappa shape index (κ3) is 45.3. The Balaban J connectivity index is 4.29. The molecule has 0 aliphatic rings. The fourth-order valence-electron chi connectivity index (χ4n) is 7.69. The van der Waals surface area contributed by atoms with Crippen LogP contribution >= 0.6 is 0 Å². The molecule has 0 saturated heterocycles. The first-order valence-electron chi connectivity index (χ1n) is 25.4. The number of hydrogen-bond donors (Lipinski definition) is 0. The molecule has 0 aromatic carbocycles. The highest BCUT2D eigenvalue weighted by Gasteiger charge is 2.19. The number of esters is 3. The minimum absolute atomic E-state index is 0.0634. The van der Waals surface area contributed by atoms with Gasteiger partial charge in [0.05, 0.1) is 0 Å². The Morgan fingerprint density at radius 3 is 0.860 bits per heavy atom. The van der Waals surface area contributed by atoms with Gasteiger partial charge in [0, 0.05) is 19.3 Å². The molecule has 0 unspecified atom stereocenters. The number of rotatable bonds is 46. The Morgan fingerprint density at radius 2 is 0.579 bits per heavy atom. The first-order valence-corrected chi connectivity index (χ1v) is 25.4. The molecule has 0 aromatic rings. The second kappa shape index (κ2) is 45.5. The van der Waals surface area contributed by atoms with Crippen LogP contribution in [0.2, 0.25) is 0 Å². The van der Waals surface area contributed by atoms with E-state index in [2.05, 4.69) is 27.7 Å². The van der Waals surface area contributed by atoms with E-state index in [0.29, 0.717) is 19.3 Å². The monoisotopic (exact) mass is 807 g/mol. The fourth-order valence-corrected chi connectivity index (χ4v) is 7.69. The molecule has 0 radical (unpaired) electrons. The highest BCUT2D eigenvalue weighted by molar-refractivity contribution is 5.71. The summed E-state index contributed by atoms with van der Waals surface area (Å²) in [6.45, 7) is 8.99. The number of unbranched alkanes of at least 4 members (excludes halogenated alkanes) is 33. The summed E-state index contributed by atoms with van der Waals surface area (Å²) in [5.74, 6) is -0.0542. The van der Waals surface area contributed by atoms with E-state index in [1.807, 2.05) is 0 Å². The van der Waals surface area contributed by atoms with Crippen LogP contribution in [0.4, 0.5) is 0 Å². The van der Waals surface area contributed by atoms with Crippen LogP contribution in [0.1, 0.15) is 285 Å². The maximum Gasteiger partial charge on any atom is 0.306 e. The van der Waals surface area contributed by atoms with Crippen LogP contribution in [0, 0.1) is 5.92 Å². The van der Waals surface area contributed by atoms with Crippen LogP contribution in [-0.2, 0) is 28.6 Å². The van der Waals surface area contributed by atoms with Crippen molar-refractivity contribution < 1.29 is 28.6 Å². The van der Waals surface area contributed by atoms with Gasteiger partial charge in [-0.2, -0.15) is 0 Å². The maximum atomic E-state index is 12.7. The van der Waals surface area contributed by atoms with Crippen molar-refractivity contribution in [3.8, 4) is 0 Å². The van der Waals surface area contributed by atoms with Crippen LogP contribution in [-0.4, -0.2) is 37.2 Å². The van der Waals surface area contributed by atoms with Crippen LogP contribution in [0.3, 0.4) is 0 Å². The number of carbonyl (C=O) groups is 3. The van der Waals surface area contributed by atoms with Crippen molar-refractivity contribution in [1.29, 1.82) is 0 Å². The third-order valence-corrected chi connectivity index (χ3v) is 11.5. The van der Waals surface area contributed by atoms with E-state index in [1.54, 1.807) is 0 Å². The van der Waals surface area contributed by atoms with Crippen molar-refractivity contribution in [3.63, 3.8) is 0 Å². The van der Waals surface area contributed by atoms with Gasteiger partial charge < -0.3 is 14.2 Å². The van der Waals surface area contributed by atoms with Crippen molar-refractivity contribution in [2.45, 2.75) is 291 Å². The SMILES string of the molecule is CCCCCCCCCCCCCCCCCC(=O)OC[C@@H](COC(=O)CCCCCCCCCCCCCCC)OC(=O)CCCCCCCCCCC(C)C. The van der Waals surface area contributed by atoms with Crippen molar-refractivity contribution >= 4 is 17.9 Å². The summed E-state index contributed by atoms with van der Waals surface area (Å²) in [6, 6.07) is 0. The second-order valence-electron chi connectivity index (χ2n) is 17.9. The Kier molecular flexibility index (Phi) is 44.2. The Labute approximate surface area is 355 Å². The average molecular weight is 807 g/mol. The summed E-state index contributed by atoms with van der Waals surface area (Å²) in [5, 5.41) is 0. The molecule has 0 aliphatic heterocycles. The van der Waals surface area contributed by atoms with E-state index in [-0.39, 0.29) is 31.1 Å². The summed E-state index contributed by atoms with van der Waals surface area (Å²) in [5.41, 5.74) is 0. The molecule has 0 aliphatic carbocycles. The molecule has 6 nitrogen and oxygen atoms in total. The molecular weight excluding hydrogens is 709 g/mol. The van der Waals surface area contributed by atoms with Gasteiger partial charge in [0.15, 0.2) is 6.10 Å². The molecule has 0 spiro atoms. The molecule has 338 valence electrons. The van der Waals surface area contributed by atoms with E-state index in [1.165, 1.54) is 180 Å². The first kappa shape index (κ1) is 55.4. The molecule has 0 N–H and O–H groups in total. The lowest BCUT2D eigenvalue weighted by Gasteiger charge is -2.18. The molecule has 0 rings (SSSR count). The highest BCUT2D eigenvalue weighted by atomic mass is 16.6. The van der Waals surface area contributed by atoms with Gasteiger partial charge in [0.25, 0.3) is 0 Å². The average Bonchev–Trinajstić information content (AvgIpc) is 3.19. The molecule has 0 fully saturated rings. The van der Waals surface area contributed by atoms with Gasteiger partial charge in [-0.3, -0.25) is 14.4 Å². The molecule has 0 heterocycles. The van der Waals surface area contributed by atoms with Gasteiger partial charge in [-0.1, -0.05) is 246 Å². The van der Waals surface area contributed by atoms with Gasteiger partial charge in [-0.25, -0.2) is 0 Å². The van der Waals surface area contributed by atoms with Crippen molar-refractivity contribution in [2.75, 3.05) is 13.2 Å². The van der Waals surface area contributed by atoms with E-state index in [0.717, 1.165) is 63.7 Å². The van der Waals surface area contributed by atoms with E-state index >= 15 is 0 Å². The normalized spacial score (nSPS) is 11.9. The fraction of sp³-hybridized carbons (Fsp3) is 0.941. The van der Waals surface area contributed by atoms with Gasteiger partial charge in [0.2, 0.25) is 0 Å². The summed E-state index contributed by atoms with van der Waals surface area (Å²) >= 11 is 0. The lowest BCUT2D eigenvalue weighted by atomic mass is 10.0. The minimum atomic E-state index is -0.760. The lowest BCUT2D eigenvalue weighted by molar-refractivity contribution is -0.167. The molecular formula is C51H98O6. The van der Waals surface area contributed by atoms with Crippen LogP contribution in [0.5, 0.6) is 0 Å². The zero-order valence-electron chi connectivity index (χ0n) is 38.8. The van der Waals surface area contributed by atoms with Gasteiger partial charge in [0.1, 0.15) is 13.2 Å². The van der Waals surface area contributed by atoms with E-state index in [9.17, 15) is 14.4 Å². The molecule has 1 atom stereocenters. The van der Waals surface area contributed by atoms with Crippen LogP contribution in [0.15, 0.2) is 0 Å². The second-order valence-corrected chi connectivity index (χ2v) is 17.9. The minimum Gasteiger partial charge on any atom is -0.462 e. The molecule has 0 bridgehead atoms. The standard InChI is InChI=1S/C51H98O6/c1-5-7-9-11-13-15-17-19-20-22-24-26-31-35-39-43-50(53)56-46-48(57-51(54)44-40-36-32-28-27-29-33-37-41-47(3)4)45-55-49(52)42-38-34-30-25-23-21-18-16-14-12-10-8-6-2/h47-48H,5-46H2,1-4H3/t48-/m1/s1. The van der Waals surface area contributed by atoms with Crippen molar-refractivity contribution in [3.05, 3.63) is 0 Å². The maximum absolute atomic E-state index is 12.7. The van der Waals surface area contributed by atoms with Gasteiger partial charge in [-0.15, -0.1) is 0 Å². The Morgan fingerprint density at radius 1 is 0.333 bits per heavy atom. The van der Waals surface area contributed by atoms with E-state index in [4.69, 9.17) is 14.2 Å². The van der Waals surface area contributed by atoms with Crippen LogP contribution in [0.25, 0.3) is 0 Å². The first-order chi connectivity index (χ1) is 27.9. The van der Waals surface area contributed by atoms with E-state index < -0.39 is 6.10 Å². The predicted molar refractivity (Wildman–Crippen MR) is 243 cm³/mol. The topological polar surface area (TPSA) is 78.9 Å². The van der Waals surface area contributed by atoms with Gasteiger partial charge >= 0.3 is 17.9 Å². The van der Waals surface area contributed by atoms with Crippen LogP contribution < -0.4 is 0 Å². The molecule has 57 heavy (non-hydrogen) atoms. The lowest BCUT2D eigenvalue weighted by Crippen LogP contribution is -2.30. The smallest absolute Gasteiger partial charge is 0.306 e. The number of ether oxygens (including phenoxy) is 3. The molecule has 0 amide bonds. The Hall–Kier alpha value is -1.59. The molecule has 0 saturated carbocycles. The van der Waals surface area contributed by atoms with Crippen molar-refractivity contribution in [2.24, 2.45) is 5.92 Å². The summed E-state index contributed by atoms with van der Waals surface area (Å²) in [7, 11) is 0. The number of carbonyl (C=O) groups excluding carboxylic acids is 3. The van der Waals surface area contributed by atoms with Crippen molar-refractivity contribution in [1.82, 2.24) is 0 Å². The summed E-state index contributed by atoms with van der Waals surface area (Å²) < 4.78 is 16.8. The third-order valence-electron chi connectivity index (χ3n) is 11.5. The number of hydrogen-bond acceptors (Lipinski definition) is 6. The molecule has 0 aromatic heterocycles. The summed E-state index contributed by atoms with van der Waals surface area (Å²) in [6.07, 6.45) is 46.6. The Bertz CT molecular complexity index is 857. The zero-order chi connectivity index (χ0) is 41.7. The molecule has 6 heteroatoms. The summed E-state index contributed by atoms with van der Waals surface area (Å²) in [4.78, 5) is 37.9. The predicted octanol–water partition coefficient (Wildman–Crippen LogP) is 16.3. The quantitative estimate of drug-likeness (QED) is 0.0346. The van der Waals surface area contributed by atoms with Gasteiger partial charge in [-0.05, 0) is 25.2 Å². The largest absolute Gasteiger partial charge is 0.462 e. The zero-order valence-corrected chi connectivity index (χ0v) is 38.8.